The molecule has 0 heterocycles. The molecule has 0 aliphatic heterocycles. The highest BCUT2D eigenvalue weighted by atomic mass is 14.8. The summed E-state index contributed by atoms with van der Waals surface area (Å²) < 4.78 is 0. The summed E-state index contributed by atoms with van der Waals surface area (Å²) in [7, 11) is 0. The standard InChI is InChI=1S/C35H54N2/c1-21(2)8-7-9-22(3)26-13-14-27-24-12-15-31-34(5,28(24)16-18-33(26,27)4)19-17-29-32(35(29,31)6)25-11-10-23(36)20-30(25)37/h10-11,15,20-22,24,26-29,32H,7-9,12-14,16-19,36-37H2,1-6H3. The van der Waals surface area contributed by atoms with Crippen molar-refractivity contribution in [2.75, 3.05) is 11.5 Å². The van der Waals surface area contributed by atoms with Crippen molar-refractivity contribution in [1.82, 2.24) is 0 Å². The number of fused-ring (bicyclic) bond motifs is 7. The second-order valence-corrected chi connectivity index (χ2v) is 15.5. The monoisotopic (exact) mass is 502 g/mol. The second kappa shape index (κ2) is 8.79. The molecule has 6 rings (SSSR count). The topological polar surface area (TPSA) is 52.0 Å². The summed E-state index contributed by atoms with van der Waals surface area (Å²) in [5, 5.41) is 0. The molecule has 4 N–H and O–H groups in total. The fourth-order valence-electron chi connectivity index (χ4n) is 11.6. The minimum absolute atomic E-state index is 0.298. The molecule has 0 saturated heterocycles. The molecular formula is C35H54N2. The molecule has 0 spiro atoms. The Bertz CT molecular complexity index is 1070. The van der Waals surface area contributed by atoms with Crippen molar-refractivity contribution < 1.29 is 0 Å². The van der Waals surface area contributed by atoms with E-state index in [9.17, 15) is 0 Å². The van der Waals surface area contributed by atoms with E-state index in [0.29, 0.717) is 22.2 Å². The normalized spacial score (nSPS) is 44.9. The summed E-state index contributed by atoms with van der Waals surface area (Å²) in [6.45, 7) is 15.4. The van der Waals surface area contributed by atoms with Crippen LogP contribution >= 0.6 is 0 Å². The molecule has 0 aromatic heterocycles. The van der Waals surface area contributed by atoms with E-state index in [2.05, 4.69) is 59.8 Å². The van der Waals surface area contributed by atoms with E-state index in [1.165, 1.54) is 69.8 Å². The van der Waals surface area contributed by atoms with Crippen LogP contribution in [0.4, 0.5) is 11.4 Å². The first-order chi connectivity index (χ1) is 17.5. The van der Waals surface area contributed by atoms with Crippen LogP contribution in [0.5, 0.6) is 0 Å². The maximum absolute atomic E-state index is 6.54. The zero-order valence-electron chi connectivity index (χ0n) is 24.7. The Labute approximate surface area is 227 Å². The van der Waals surface area contributed by atoms with E-state index in [-0.39, 0.29) is 0 Å². The van der Waals surface area contributed by atoms with Crippen molar-refractivity contribution in [3.63, 3.8) is 0 Å². The SMILES string of the molecule is CC(C)CCCC(C)C1CCC2C3CC=C4C(C)(CCC5C(c6ccc(N)cc6N)C45C)C3CCC12C. The Morgan fingerprint density at radius 2 is 1.65 bits per heavy atom. The third kappa shape index (κ3) is 3.70. The summed E-state index contributed by atoms with van der Waals surface area (Å²) in [6, 6.07) is 6.28. The quantitative estimate of drug-likeness (QED) is 0.301. The molecule has 2 nitrogen and oxygen atoms in total. The highest BCUT2D eigenvalue weighted by Crippen LogP contribution is 2.80. The van der Waals surface area contributed by atoms with Crippen LogP contribution in [0, 0.1) is 57.7 Å². The lowest BCUT2D eigenvalue weighted by molar-refractivity contribution is -0.0536. The number of nitrogens with two attached hydrogens (primary N) is 2. The van der Waals surface area contributed by atoms with Gasteiger partial charge in [-0.3, -0.25) is 0 Å². The van der Waals surface area contributed by atoms with Gasteiger partial charge >= 0.3 is 0 Å². The van der Waals surface area contributed by atoms with Gasteiger partial charge in [0, 0.05) is 11.4 Å². The number of hydrogen-bond acceptors (Lipinski definition) is 2. The van der Waals surface area contributed by atoms with Crippen molar-refractivity contribution in [3.05, 3.63) is 35.4 Å². The molecule has 1 aromatic carbocycles. The van der Waals surface area contributed by atoms with Crippen molar-refractivity contribution in [3.8, 4) is 0 Å². The number of nitrogen functional groups attached to an aromatic ring is 2. The zero-order valence-corrected chi connectivity index (χ0v) is 24.7. The summed E-state index contributed by atoms with van der Waals surface area (Å²) in [5.41, 5.74) is 18.7. The van der Waals surface area contributed by atoms with Crippen LogP contribution in [0.15, 0.2) is 29.8 Å². The Balaban J connectivity index is 1.24. The van der Waals surface area contributed by atoms with Gasteiger partial charge in [0.25, 0.3) is 0 Å². The molecule has 2 heteroatoms. The largest absolute Gasteiger partial charge is 0.399 e. The van der Waals surface area contributed by atoms with Gasteiger partial charge in [0.05, 0.1) is 0 Å². The maximum Gasteiger partial charge on any atom is 0.0370 e. The van der Waals surface area contributed by atoms with E-state index in [1.54, 1.807) is 0 Å². The van der Waals surface area contributed by atoms with Crippen LogP contribution in [0.2, 0.25) is 0 Å². The minimum atomic E-state index is 0.298. The predicted molar refractivity (Wildman–Crippen MR) is 158 cm³/mol. The van der Waals surface area contributed by atoms with Crippen molar-refractivity contribution in [2.45, 2.75) is 112 Å². The summed E-state index contributed by atoms with van der Waals surface area (Å²) in [5.74, 6) is 6.73. The first-order valence-electron chi connectivity index (χ1n) is 15.9. The number of anilines is 2. The van der Waals surface area contributed by atoms with E-state index in [4.69, 9.17) is 11.5 Å². The Morgan fingerprint density at radius 1 is 0.892 bits per heavy atom. The average Bonchev–Trinajstić information content (AvgIpc) is 3.27. The maximum atomic E-state index is 6.54. The molecule has 0 bridgehead atoms. The van der Waals surface area contributed by atoms with Crippen molar-refractivity contribution >= 4 is 11.4 Å². The van der Waals surface area contributed by atoms with Crippen LogP contribution in [-0.2, 0) is 0 Å². The van der Waals surface area contributed by atoms with Gasteiger partial charge in [0.15, 0.2) is 0 Å². The smallest absolute Gasteiger partial charge is 0.0370 e. The summed E-state index contributed by atoms with van der Waals surface area (Å²) in [4.78, 5) is 0. The summed E-state index contributed by atoms with van der Waals surface area (Å²) >= 11 is 0. The number of allylic oxidation sites excluding steroid dienone is 2. The van der Waals surface area contributed by atoms with Crippen LogP contribution in [0.1, 0.15) is 117 Å². The Hall–Kier alpha value is -1.44. The van der Waals surface area contributed by atoms with E-state index < -0.39 is 0 Å². The lowest BCUT2D eigenvalue weighted by atomic mass is 9.46. The molecule has 37 heavy (non-hydrogen) atoms. The van der Waals surface area contributed by atoms with Crippen LogP contribution in [0.3, 0.4) is 0 Å². The van der Waals surface area contributed by atoms with Gasteiger partial charge in [-0.25, -0.2) is 0 Å². The second-order valence-electron chi connectivity index (χ2n) is 15.5. The fourth-order valence-corrected chi connectivity index (χ4v) is 11.6. The third-order valence-corrected chi connectivity index (χ3v) is 13.4. The molecule has 10 atom stereocenters. The van der Waals surface area contributed by atoms with Gasteiger partial charge in [-0.05, 0) is 126 Å². The Kier molecular flexibility index (Phi) is 6.13. The molecule has 10 unspecified atom stereocenters. The molecular weight excluding hydrogens is 448 g/mol. The Morgan fingerprint density at radius 3 is 2.38 bits per heavy atom. The lowest BCUT2D eigenvalue weighted by Gasteiger charge is -2.59. The molecule has 204 valence electrons. The summed E-state index contributed by atoms with van der Waals surface area (Å²) in [6.07, 6.45) is 17.0. The molecule has 4 saturated carbocycles. The number of benzene rings is 1. The van der Waals surface area contributed by atoms with Gasteiger partial charge in [0.1, 0.15) is 0 Å². The predicted octanol–water partition coefficient (Wildman–Crippen LogP) is 9.22. The van der Waals surface area contributed by atoms with E-state index in [1.807, 2.05) is 11.6 Å². The van der Waals surface area contributed by atoms with Gasteiger partial charge in [-0.15, -0.1) is 0 Å². The first kappa shape index (κ1) is 25.8. The van der Waals surface area contributed by atoms with E-state index >= 15 is 0 Å². The number of hydrogen-bond donors (Lipinski definition) is 2. The molecule has 4 fully saturated rings. The van der Waals surface area contributed by atoms with Gasteiger partial charge < -0.3 is 11.5 Å². The van der Waals surface area contributed by atoms with Gasteiger partial charge in [0.2, 0.25) is 0 Å². The van der Waals surface area contributed by atoms with Crippen LogP contribution < -0.4 is 11.5 Å². The van der Waals surface area contributed by atoms with Crippen LogP contribution in [-0.4, -0.2) is 0 Å². The lowest BCUT2D eigenvalue weighted by Crippen LogP contribution is -2.51. The van der Waals surface area contributed by atoms with Gasteiger partial charge in [-0.2, -0.15) is 0 Å². The molecule has 0 radical (unpaired) electrons. The third-order valence-electron chi connectivity index (χ3n) is 13.4. The average molecular weight is 503 g/mol. The van der Waals surface area contributed by atoms with Crippen LogP contribution in [0.25, 0.3) is 0 Å². The fraction of sp³-hybridized carbons (Fsp3) is 0.771. The zero-order chi connectivity index (χ0) is 26.3. The van der Waals surface area contributed by atoms with Crippen molar-refractivity contribution in [1.29, 1.82) is 0 Å². The molecule has 1 aromatic rings. The first-order valence-corrected chi connectivity index (χ1v) is 15.9. The highest BCUT2D eigenvalue weighted by Gasteiger charge is 2.71. The molecule has 0 amide bonds. The van der Waals surface area contributed by atoms with Gasteiger partial charge in [-0.1, -0.05) is 78.5 Å². The molecule has 5 aliphatic rings. The highest BCUT2D eigenvalue weighted by molar-refractivity contribution is 5.62. The number of rotatable bonds is 6. The van der Waals surface area contributed by atoms with E-state index in [0.717, 1.165) is 52.8 Å². The van der Waals surface area contributed by atoms with Crippen molar-refractivity contribution in [2.24, 2.45) is 57.7 Å². The minimum Gasteiger partial charge on any atom is -0.399 e. The molecule has 5 aliphatic carbocycles.